The molecule has 5 nitrogen and oxygen atoms in total. The Morgan fingerprint density at radius 3 is 2.77 bits per heavy atom. The maximum Gasteiger partial charge on any atom is 0.230 e. The van der Waals surface area contributed by atoms with Crippen LogP contribution in [0.4, 0.5) is 4.39 Å². The smallest absolute Gasteiger partial charge is 0.230 e. The minimum absolute atomic E-state index is 0.142. The van der Waals surface area contributed by atoms with Crippen LogP contribution in [0.2, 0.25) is 5.02 Å². The van der Waals surface area contributed by atoms with Gasteiger partial charge in [0.05, 0.1) is 17.4 Å². The molecule has 0 aliphatic carbocycles. The second kappa shape index (κ2) is 8.33. The highest BCUT2D eigenvalue weighted by atomic mass is 35.5. The number of hydrogen-bond donors (Lipinski definition) is 2. The van der Waals surface area contributed by atoms with Crippen molar-refractivity contribution in [3.63, 3.8) is 0 Å². The summed E-state index contributed by atoms with van der Waals surface area (Å²) < 4.78 is 13.8. The minimum atomic E-state index is -0.383. The molecule has 0 spiro atoms. The summed E-state index contributed by atoms with van der Waals surface area (Å²) in [6.07, 6.45) is 0. The number of hydrogen-bond acceptors (Lipinski definition) is 4. The Hall–Kier alpha value is -2.38. The first-order chi connectivity index (χ1) is 12.5. The molecule has 3 aromatic rings. The van der Waals surface area contributed by atoms with Crippen LogP contribution in [0.1, 0.15) is 18.5 Å². The third kappa shape index (κ3) is 4.42. The summed E-state index contributed by atoms with van der Waals surface area (Å²) in [5.41, 5.74) is 1.19. The van der Waals surface area contributed by atoms with Crippen molar-refractivity contribution in [3.8, 4) is 11.4 Å². The van der Waals surface area contributed by atoms with Crippen molar-refractivity contribution in [2.75, 3.05) is 5.75 Å². The number of H-pyrrole nitrogens is 1. The predicted molar refractivity (Wildman–Crippen MR) is 101 cm³/mol. The second-order valence-corrected chi connectivity index (χ2v) is 6.90. The van der Waals surface area contributed by atoms with Crippen LogP contribution < -0.4 is 5.32 Å². The van der Waals surface area contributed by atoms with Gasteiger partial charge in [0.15, 0.2) is 5.82 Å². The van der Waals surface area contributed by atoms with E-state index in [1.807, 2.05) is 25.1 Å². The van der Waals surface area contributed by atoms with E-state index in [-0.39, 0.29) is 23.5 Å². The zero-order valence-electron chi connectivity index (χ0n) is 13.9. The maximum atomic E-state index is 13.8. The fourth-order valence-electron chi connectivity index (χ4n) is 2.40. The van der Waals surface area contributed by atoms with Gasteiger partial charge in [0.25, 0.3) is 0 Å². The maximum absolute atomic E-state index is 13.8. The summed E-state index contributed by atoms with van der Waals surface area (Å²) in [6, 6.07) is 13.5. The first kappa shape index (κ1) is 18.4. The predicted octanol–water partition coefficient (Wildman–Crippen LogP) is 4.23. The van der Waals surface area contributed by atoms with E-state index < -0.39 is 0 Å². The van der Waals surface area contributed by atoms with Gasteiger partial charge in [-0.3, -0.25) is 9.89 Å². The topological polar surface area (TPSA) is 70.7 Å². The first-order valence-electron chi connectivity index (χ1n) is 7.88. The molecule has 0 aliphatic heterocycles. The minimum Gasteiger partial charge on any atom is -0.349 e. The van der Waals surface area contributed by atoms with Gasteiger partial charge >= 0.3 is 0 Å². The number of halogens is 2. The molecule has 1 atom stereocenters. The van der Waals surface area contributed by atoms with Crippen LogP contribution >= 0.6 is 23.4 Å². The number of nitrogens with one attached hydrogen (secondary N) is 2. The molecular weight excluding hydrogens is 375 g/mol. The van der Waals surface area contributed by atoms with Crippen LogP contribution in [0.5, 0.6) is 0 Å². The lowest BCUT2D eigenvalue weighted by Gasteiger charge is -2.15. The highest BCUT2D eigenvalue weighted by Crippen LogP contribution is 2.23. The standard InChI is InChI=1S/C18H16ClFN4OS/c1-11(12-6-2-4-8-14(12)19)21-16(25)10-26-18-22-17(23-24-18)13-7-3-5-9-15(13)20/h2-9,11H,10H2,1H3,(H,21,25)(H,22,23,24)/t11-/m1/s1. The molecule has 1 aromatic heterocycles. The molecule has 0 fully saturated rings. The third-order valence-corrected chi connectivity index (χ3v) is 4.87. The highest BCUT2D eigenvalue weighted by Gasteiger charge is 2.14. The van der Waals surface area contributed by atoms with Crippen LogP contribution in [-0.2, 0) is 4.79 Å². The van der Waals surface area contributed by atoms with Crippen molar-refractivity contribution < 1.29 is 9.18 Å². The Balaban J connectivity index is 1.57. The molecule has 3 rings (SSSR count). The monoisotopic (exact) mass is 390 g/mol. The zero-order valence-corrected chi connectivity index (χ0v) is 15.4. The third-order valence-electron chi connectivity index (χ3n) is 3.68. The van der Waals surface area contributed by atoms with Crippen molar-refractivity contribution in [2.45, 2.75) is 18.1 Å². The second-order valence-electron chi connectivity index (χ2n) is 5.55. The van der Waals surface area contributed by atoms with Crippen molar-refractivity contribution in [1.29, 1.82) is 0 Å². The Morgan fingerprint density at radius 1 is 1.27 bits per heavy atom. The van der Waals surface area contributed by atoms with E-state index in [9.17, 15) is 9.18 Å². The molecule has 0 radical (unpaired) electrons. The van der Waals surface area contributed by atoms with Gasteiger partial charge in [-0.15, -0.1) is 5.10 Å². The van der Waals surface area contributed by atoms with E-state index in [0.717, 1.165) is 5.56 Å². The molecule has 1 amide bonds. The van der Waals surface area contributed by atoms with E-state index in [1.54, 1.807) is 24.3 Å². The Labute approximate surface area is 159 Å². The number of amides is 1. The van der Waals surface area contributed by atoms with E-state index >= 15 is 0 Å². The summed E-state index contributed by atoms with van der Waals surface area (Å²) in [5.74, 6) is -0.0785. The van der Waals surface area contributed by atoms with Gasteiger partial charge in [-0.2, -0.15) is 0 Å². The average Bonchev–Trinajstić information content (AvgIpc) is 3.09. The fourth-order valence-corrected chi connectivity index (χ4v) is 3.31. The summed E-state index contributed by atoms with van der Waals surface area (Å²) in [7, 11) is 0. The summed E-state index contributed by atoms with van der Waals surface area (Å²) >= 11 is 7.31. The summed E-state index contributed by atoms with van der Waals surface area (Å²) in [5, 5.41) is 10.6. The summed E-state index contributed by atoms with van der Waals surface area (Å²) in [6.45, 7) is 1.87. The molecule has 0 bridgehead atoms. The van der Waals surface area contributed by atoms with Crippen LogP contribution in [0.25, 0.3) is 11.4 Å². The molecule has 2 N–H and O–H groups in total. The Bertz CT molecular complexity index is 917. The van der Waals surface area contributed by atoms with E-state index in [0.29, 0.717) is 21.6 Å². The van der Waals surface area contributed by atoms with Crippen LogP contribution in [0.15, 0.2) is 53.7 Å². The molecule has 2 aromatic carbocycles. The Kier molecular flexibility index (Phi) is 5.90. The van der Waals surface area contributed by atoms with Crippen LogP contribution in [0, 0.1) is 5.82 Å². The largest absolute Gasteiger partial charge is 0.349 e. The van der Waals surface area contributed by atoms with E-state index in [1.165, 1.54) is 17.8 Å². The van der Waals surface area contributed by atoms with Crippen molar-refractivity contribution in [2.24, 2.45) is 0 Å². The number of nitrogens with zero attached hydrogens (tertiary/aromatic N) is 2. The van der Waals surface area contributed by atoms with Gasteiger partial charge in [0.1, 0.15) is 5.82 Å². The van der Waals surface area contributed by atoms with Crippen molar-refractivity contribution in [3.05, 3.63) is 64.9 Å². The lowest BCUT2D eigenvalue weighted by molar-refractivity contribution is -0.119. The molecule has 26 heavy (non-hydrogen) atoms. The van der Waals surface area contributed by atoms with Crippen molar-refractivity contribution in [1.82, 2.24) is 20.5 Å². The number of carbonyl (C=O) groups is 1. The summed E-state index contributed by atoms with van der Waals surface area (Å²) in [4.78, 5) is 16.4. The van der Waals surface area contributed by atoms with Gasteiger partial charge in [-0.25, -0.2) is 9.37 Å². The molecular formula is C18H16ClFN4OS. The molecule has 1 heterocycles. The van der Waals surface area contributed by atoms with Crippen LogP contribution in [0.3, 0.4) is 0 Å². The lowest BCUT2D eigenvalue weighted by Crippen LogP contribution is -2.28. The number of carbonyl (C=O) groups excluding carboxylic acids is 1. The highest BCUT2D eigenvalue weighted by molar-refractivity contribution is 7.99. The number of rotatable bonds is 6. The quantitative estimate of drug-likeness (QED) is 0.618. The number of aromatic amines is 1. The van der Waals surface area contributed by atoms with Crippen molar-refractivity contribution >= 4 is 29.3 Å². The Morgan fingerprint density at radius 2 is 2.00 bits per heavy atom. The van der Waals surface area contributed by atoms with Gasteiger partial charge in [0, 0.05) is 5.02 Å². The normalized spacial score (nSPS) is 12.0. The lowest BCUT2D eigenvalue weighted by atomic mass is 10.1. The number of aromatic nitrogens is 3. The average molecular weight is 391 g/mol. The molecule has 8 heteroatoms. The first-order valence-corrected chi connectivity index (χ1v) is 9.25. The van der Waals surface area contributed by atoms with Gasteiger partial charge in [-0.05, 0) is 30.7 Å². The zero-order chi connectivity index (χ0) is 18.5. The van der Waals surface area contributed by atoms with Gasteiger partial charge < -0.3 is 5.32 Å². The van der Waals surface area contributed by atoms with E-state index in [2.05, 4.69) is 20.5 Å². The molecule has 0 unspecified atom stereocenters. The molecule has 134 valence electrons. The fraction of sp³-hybridized carbons (Fsp3) is 0.167. The van der Waals surface area contributed by atoms with Crippen LogP contribution in [-0.4, -0.2) is 26.8 Å². The molecule has 0 saturated carbocycles. The van der Waals surface area contributed by atoms with E-state index in [4.69, 9.17) is 11.6 Å². The van der Waals surface area contributed by atoms with Gasteiger partial charge in [0.2, 0.25) is 11.1 Å². The number of benzene rings is 2. The van der Waals surface area contributed by atoms with Gasteiger partial charge in [-0.1, -0.05) is 53.7 Å². The number of thioether (sulfide) groups is 1. The molecule has 0 saturated heterocycles. The SMILES string of the molecule is C[C@@H](NC(=O)CSc1n[nH]c(-c2ccccc2F)n1)c1ccccc1Cl. The molecule has 0 aliphatic rings.